The molecule has 0 unspecified atom stereocenters. The highest BCUT2D eigenvalue weighted by Gasteiger charge is 2.28. The van der Waals surface area contributed by atoms with Crippen LogP contribution in [0.4, 0.5) is 0 Å². The Hall–Kier alpha value is -19.0. The number of fused-ring (bicyclic) bond motifs is 21. The van der Waals surface area contributed by atoms with Gasteiger partial charge in [-0.2, -0.15) is 0 Å². The summed E-state index contributed by atoms with van der Waals surface area (Å²) < 4.78 is 14.2. The molecule has 0 spiro atoms. The number of benzene rings is 19. The molecule has 15 heteroatoms. The van der Waals surface area contributed by atoms with Crippen LogP contribution in [-0.2, 0) is 14.1 Å². The molecule has 19 aromatic carbocycles. The zero-order valence-corrected chi connectivity index (χ0v) is 77.1. The third-order valence-electron chi connectivity index (χ3n) is 27.4. The van der Waals surface area contributed by atoms with Gasteiger partial charge in [-0.15, -0.1) is 0 Å². The summed E-state index contributed by atoms with van der Waals surface area (Å²) in [6.45, 7) is 2.09. The highest BCUT2D eigenvalue weighted by atomic mass is 15.1. The van der Waals surface area contributed by atoms with E-state index in [-0.39, 0.29) is 0 Å². The first-order valence-electron chi connectivity index (χ1n) is 47.5. The van der Waals surface area contributed by atoms with Crippen molar-refractivity contribution in [3.8, 4) is 125 Å². The van der Waals surface area contributed by atoms with Crippen LogP contribution >= 0.6 is 0 Å². The quantitative estimate of drug-likeness (QED) is 0.110. The minimum absolute atomic E-state index is 0.626. The molecule has 28 aromatic rings. The van der Waals surface area contributed by atoms with Gasteiger partial charge in [0, 0.05) is 151 Å². The monoisotopic (exact) mass is 1810 g/mol. The highest BCUT2D eigenvalue weighted by Crippen LogP contribution is 2.48. The van der Waals surface area contributed by atoms with Gasteiger partial charge in [0.05, 0.1) is 66.5 Å². The highest BCUT2D eigenvalue weighted by molar-refractivity contribution is 6.29. The van der Waals surface area contributed by atoms with Gasteiger partial charge in [-0.3, -0.25) is 0 Å². The van der Waals surface area contributed by atoms with Gasteiger partial charge in [-0.1, -0.05) is 357 Å². The molecular formula is C126H85N15. The number of rotatable bonds is 13. The number of aromatic nitrogens is 15. The van der Waals surface area contributed by atoms with E-state index < -0.39 is 0 Å². The molecule has 0 aliphatic heterocycles. The zero-order valence-electron chi connectivity index (χ0n) is 77.1. The number of hydrogen-bond acceptors (Lipinski definition) is 9. The Labute approximate surface area is 810 Å². The number of nitrogens with zero attached hydrogens (tertiary/aromatic N) is 15. The van der Waals surface area contributed by atoms with Gasteiger partial charge < -0.3 is 27.4 Å². The second-order valence-electron chi connectivity index (χ2n) is 35.7. The summed E-state index contributed by atoms with van der Waals surface area (Å²) in [6.07, 6.45) is 0. The number of aryl methyl sites for hydroxylation is 3. The Morgan fingerprint density at radius 2 is 0.426 bits per heavy atom. The van der Waals surface area contributed by atoms with Crippen molar-refractivity contribution in [2.45, 2.75) is 6.92 Å². The molecule has 0 saturated heterocycles. The van der Waals surface area contributed by atoms with E-state index in [1.165, 1.54) is 97.7 Å². The maximum absolute atomic E-state index is 5.16. The van der Waals surface area contributed by atoms with Crippen LogP contribution in [0, 0.1) is 6.92 Å². The molecule has 0 atom stereocenters. The van der Waals surface area contributed by atoms with Gasteiger partial charge in [0.15, 0.2) is 52.4 Å². The largest absolute Gasteiger partial charge is 0.343 e. The first-order chi connectivity index (χ1) is 69.7. The van der Waals surface area contributed by atoms with Crippen LogP contribution in [0.5, 0.6) is 0 Å². The molecule has 0 amide bonds. The molecule has 141 heavy (non-hydrogen) atoms. The van der Waals surface area contributed by atoms with Crippen molar-refractivity contribution in [3.05, 3.63) is 467 Å². The van der Waals surface area contributed by atoms with Gasteiger partial charge in [0.25, 0.3) is 0 Å². The molecule has 9 aromatic heterocycles. The van der Waals surface area contributed by atoms with Gasteiger partial charge in [-0.05, 0) is 116 Å². The van der Waals surface area contributed by atoms with Crippen LogP contribution in [0.2, 0.25) is 0 Å². The SMILES string of the molecule is Cc1cccc(-c2nc(-c3ccccc3)nc(-c3ccccc3-n3c4ccccc4c4c3ccc3c5ccccc5n(-c5ccccc5)c34)n2)c1.Cn1c2ccccc2c2ccc3c(c4ccccc4n3-c3cccc(-c4nc(-c5ccccc5)nc(-c5ccccc5)n4)c3)c21.Cn1c2ccccc2c2ccc3c(c4ccccc4n3-c3ccccc3-c3nc(-c4ccccc4)nc(-c4ccccc4)n3)c21. The second kappa shape index (κ2) is 34.4. The predicted molar refractivity (Wildman–Crippen MR) is 578 cm³/mol. The lowest BCUT2D eigenvalue weighted by Crippen LogP contribution is -2.03. The molecule has 0 aliphatic rings. The number of hydrogen-bond donors (Lipinski definition) is 0. The first kappa shape index (κ1) is 82.7. The van der Waals surface area contributed by atoms with Crippen molar-refractivity contribution in [2.24, 2.45) is 14.1 Å². The van der Waals surface area contributed by atoms with Gasteiger partial charge in [0.2, 0.25) is 0 Å². The minimum atomic E-state index is 0.626. The van der Waals surface area contributed by atoms with Crippen LogP contribution in [0.15, 0.2) is 461 Å². The van der Waals surface area contributed by atoms with Crippen molar-refractivity contribution < 1.29 is 0 Å². The Bertz CT molecular complexity index is 9670. The van der Waals surface area contributed by atoms with Crippen LogP contribution in [0.1, 0.15) is 5.56 Å². The summed E-state index contributed by atoms with van der Waals surface area (Å²) in [4.78, 5) is 45.3. The van der Waals surface area contributed by atoms with E-state index in [1.54, 1.807) is 0 Å². The van der Waals surface area contributed by atoms with E-state index >= 15 is 0 Å². The molecule has 0 radical (unpaired) electrons. The molecule has 0 bridgehead atoms. The average molecular weight is 1810 g/mol. The van der Waals surface area contributed by atoms with Gasteiger partial charge in [-0.25, -0.2) is 44.9 Å². The Kier molecular flexibility index (Phi) is 20.2. The summed E-state index contributed by atoms with van der Waals surface area (Å²) in [5, 5.41) is 14.9. The van der Waals surface area contributed by atoms with Gasteiger partial charge in [0.1, 0.15) is 0 Å². The molecule has 664 valence electrons. The maximum Gasteiger partial charge on any atom is 0.166 e. The fraction of sp³-hybridized carbons (Fsp3) is 0.0238. The van der Waals surface area contributed by atoms with Crippen molar-refractivity contribution in [1.82, 2.24) is 72.3 Å². The van der Waals surface area contributed by atoms with Crippen molar-refractivity contribution in [1.29, 1.82) is 0 Å². The van der Waals surface area contributed by atoms with Crippen LogP contribution < -0.4 is 0 Å². The molecule has 0 N–H and O–H groups in total. The predicted octanol–water partition coefficient (Wildman–Crippen LogP) is 30.6. The van der Waals surface area contributed by atoms with Gasteiger partial charge >= 0.3 is 0 Å². The topological polar surface area (TPSA) is 146 Å². The lowest BCUT2D eigenvalue weighted by molar-refractivity contribution is 1.02. The molecule has 0 saturated carbocycles. The van der Waals surface area contributed by atoms with Crippen LogP contribution in [0.3, 0.4) is 0 Å². The molecule has 15 nitrogen and oxygen atoms in total. The van der Waals surface area contributed by atoms with E-state index in [0.29, 0.717) is 52.4 Å². The van der Waals surface area contributed by atoms with Crippen LogP contribution in [-0.4, -0.2) is 72.3 Å². The molecular weight excluding hydrogens is 1720 g/mol. The third-order valence-corrected chi connectivity index (χ3v) is 27.4. The standard InChI is InChI=1S/C46H31N5.2C40H27N5/c1-30-15-14-18-32(29-30)45-47-44(31-16-4-2-5-17-31)48-46(49-45)37-23-10-13-26-40(37)51-39-25-12-9-22-36(39)42-41(51)28-27-35-34-21-8-11-24-38(34)50(43(35)42)33-19-6-3-7-20-33;1-44-32-21-11-8-18-28(32)29-24-25-35-36(37(29)44)30-19-9-12-22-33(30)45(35)34-23-13-10-20-31(34)40-42-38(26-14-4-2-5-15-26)41-39(43-40)27-16-6-3-7-17-27;1-44-33-21-10-8-19-30(33)31-23-24-35-36(37(31)44)32-20-9-11-22-34(32)45(35)29-18-12-17-28(25-29)40-42-38(26-13-4-2-5-14-26)41-39(43-40)27-15-6-3-7-16-27/h2-29H,1H3;2*2-25H,1H3. The Morgan fingerprint density at radius 1 is 0.163 bits per heavy atom. The van der Waals surface area contributed by atoms with E-state index in [4.69, 9.17) is 44.9 Å². The third kappa shape index (κ3) is 14.2. The zero-order chi connectivity index (χ0) is 93.7. The van der Waals surface area contributed by atoms with E-state index in [2.05, 4.69) is 370 Å². The summed E-state index contributed by atoms with van der Waals surface area (Å²) in [6, 6.07) is 161. The molecule has 28 rings (SSSR count). The van der Waals surface area contributed by atoms with Crippen molar-refractivity contribution in [2.75, 3.05) is 0 Å². The fourth-order valence-electron chi connectivity index (χ4n) is 21.1. The smallest absolute Gasteiger partial charge is 0.166 e. The normalized spacial score (nSPS) is 11.7. The average Bonchev–Trinajstić information content (AvgIpc) is 1.55. The molecule has 9 heterocycles. The molecule has 0 fully saturated rings. The Balaban J connectivity index is 0.000000109. The van der Waals surface area contributed by atoms with Crippen molar-refractivity contribution in [3.63, 3.8) is 0 Å². The first-order valence-corrected chi connectivity index (χ1v) is 47.5. The summed E-state index contributed by atoms with van der Waals surface area (Å²) in [5.74, 6) is 5.79. The lowest BCUT2D eigenvalue weighted by atomic mass is 10.1. The maximum atomic E-state index is 5.16. The summed E-state index contributed by atoms with van der Waals surface area (Å²) >= 11 is 0. The molecule has 0 aliphatic carbocycles. The minimum Gasteiger partial charge on any atom is -0.343 e. The second-order valence-corrected chi connectivity index (χ2v) is 35.7. The summed E-state index contributed by atoms with van der Waals surface area (Å²) in [5.41, 5.74) is 28.0. The fourth-order valence-corrected chi connectivity index (χ4v) is 21.1. The van der Waals surface area contributed by atoms with Crippen molar-refractivity contribution >= 4 is 131 Å². The number of para-hydroxylation sites is 9. The Morgan fingerprint density at radius 3 is 0.816 bits per heavy atom. The van der Waals surface area contributed by atoms with Crippen LogP contribution in [0.25, 0.3) is 256 Å². The van der Waals surface area contributed by atoms with E-state index in [1.807, 2.05) is 140 Å². The lowest BCUT2D eigenvalue weighted by Gasteiger charge is -2.15. The summed E-state index contributed by atoms with van der Waals surface area (Å²) in [7, 11) is 4.34. The van der Waals surface area contributed by atoms with E-state index in [9.17, 15) is 0 Å². The van der Waals surface area contributed by atoms with E-state index in [0.717, 1.165) is 111 Å².